The Morgan fingerprint density at radius 2 is 1.70 bits per heavy atom. The highest BCUT2D eigenvalue weighted by Gasteiger charge is 2.21. The molecule has 1 aliphatic rings. The van der Waals surface area contributed by atoms with Gasteiger partial charge in [0, 0.05) is 31.9 Å². The van der Waals surface area contributed by atoms with Crippen LogP contribution in [0.1, 0.15) is 23.7 Å². The van der Waals surface area contributed by atoms with E-state index in [9.17, 15) is 4.79 Å². The number of anilines is 1. The summed E-state index contributed by atoms with van der Waals surface area (Å²) in [5.74, 6) is 0.366. The van der Waals surface area contributed by atoms with E-state index in [1.165, 1.54) is 5.69 Å². The maximum atomic E-state index is 12.7. The SMILES string of the molecule is CCCOc1ccccc1C(=O)NC(=S)N1CCN(c2ccccc2)CC1. The number of para-hydroxylation sites is 2. The van der Waals surface area contributed by atoms with Gasteiger partial charge in [0.15, 0.2) is 5.11 Å². The van der Waals surface area contributed by atoms with E-state index in [1.54, 1.807) is 6.07 Å². The van der Waals surface area contributed by atoms with Crippen LogP contribution in [0.15, 0.2) is 54.6 Å². The van der Waals surface area contributed by atoms with Crippen molar-refractivity contribution in [3.8, 4) is 5.75 Å². The molecule has 2 aromatic carbocycles. The molecular formula is C21H25N3O2S. The van der Waals surface area contributed by atoms with Crippen LogP contribution in [-0.4, -0.2) is 48.7 Å². The van der Waals surface area contributed by atoms with Crippen molar-refractivity contribution in [2.45, 2.75) is 13.3 Å². The van der Waals surface area contributed by atoms with Crippen LogP contribution >= 0.6 is 12.2 Å². The molecule has 0 atom stereocenters. The van der Waals surface area contributed by atoms with Crippen molar-refractivity contribution in [3.63, 3.8) is 0 Å². The quantitative estimate of drug-likeness (QED) is 0.803. The molecule has 5 nitrogen and oxygen atoms in total. The molecule has 1 N–H and O–H groups in total. The van der Waals surface area contributed by atoms with Gasteiger partial charge in [-0.1, -0.05) is 37.3 Å². The van der Waals surface area contributed by atoms with E-state index in [4.69, 9.17) is 17.0 Å². The molecule has 1 aliphatic heterocycles. The number of amides is 1. The number of rotatable bonds is 5. The van der Waals surface area contributed by atoms with Crippen LogP contribution < -0.4 is 15.0 Å². The third kappa shape index (κ3) is 4.98. The summed E-state index contributed by atoms with van der Waals surface area (Å²) in [7, 11) is 0. The summed E-state index contributed by atoms with van der Waals surface area (Å²) < 4.78 is 5.67. The van der Waals surface area contributed by atoms with Crippen molar-refractivity contribution >= 4 is 28.9 Å². The second-order valence-electron chi connectivity index (χ2n) is 6.41. The standard InChI is InChI=1S/C21H25N3O2S/c1-2-16-26-19-11-7-6-10-18(19)20(25)22-21(27)24-14-12-23(13-15-24)17-8-4-3-5-9-17/h3-11H,2,12-16H2,1H3,(H,22,25,27). The number of nitrogens with one attached hydrogen (secondary N) is 1. The van der Waals surface area contributed by atoms with Crippen molar-refractivity contribution in [3.05, 3.63) is 60.2 Å². The lowest BCUT2D eigenvalue weighted by atomic mass is 10.2. The smallest absolute Gasteiger partial charge is 0.261 e. The predicted octanol–water partition coefficient (Wildman–Crippen LogP) is 3.31. The summed E-state index contributed by atoms with van der Waals surface area (Å²) >= 11 is 5.47. The van der Waals surface area contributed by atoms with Gasteiger partial charge in [0.05, 0.1) is 12.2 Å². The molecule has 3 rings (SSSR count). The largest absolute Gasteiger partial charge is 0.493 e. The molecule has 0 bridgehead atoms. The molecule has 6 heteroatoms. The number of carbonyl (C=O) groups excluding carboxylic acids is 1. The lowest BCUT2D eigenvalue weighted by molar-refractivity contribution is 0.0969. The van der Waals surface area contributed by atoms with Gasteiger partial charge in [0.25, 0.3) is 5.91 Å². The van der Waals surface area contributed by atoms with Crippen LogP contribution in [0, 0.1) is 0 Å². The number of hydrogen-bond donors (Lipinski definition) is 1. The second-order valence-corrected chi connectivity index (χ2v) is 6.80. The van der Waals surface area contributed by atoms with Crippen molar-refractivity contribution in [2.24, 2.45) is 0 Å². The molecule has 2 aromatic rings. The highest BCUT2D eigenvalue weighted by molar-refractivity contribution is 7.80. The Labute approximate surface area is 165 Å². The Bertz CT molecular complexity index is 774. The zero-order chi connectivity index (χ0) is 19.1. The van der Waals surface area contributed by atoms with Gasteiger partial charge in [-0.05, 0) is 42.9 Å². The van der Waals surface area contributed by atoms with E-state index >= 15 is 0 Å². The van der Waals surface area contributed by atoms with E-state index in [2.05, 4.69) is 22.3 Å². The molecule has 0 aromatic heterocycles. The van der Waals surface area contributed by atoms with Crippen LogP contribution in [0.3, 0.4) is 0 Å². The fraction of sp³-hybridized carbons (Fsp3) is 0.333. The lowest BCUT2D eigenvalue weighted by Crippen LogP contribution is -2.52. The summed E-state index contributed by atoms with van der Waals surface area (Å²) in [4.78, 5) is 17.0. The summed E-state index contributed by atoms with van der Waals surface area (Å²) in [5, 5.41) is 3.33. The van der Waals surface area contributed by atoms with Crippen molar-refractivity contribution in [1.82, 2.24) is 10.2 Å². The van der Waals surface area contributed by atoms with Gasteiger partial charge >= 0.3 is 0 Å². The topological polar surface area (TPSA) is 44.8 Å². The molecule has 27 heavy (non-hydrogen) atoms. The maximum Gasteiger partial charge on any atom is 0.261 e. The Morgan fingerprint density at radius 1 is 1.04 bits per heavy atom. The minimum Gasteiger partial charge on any atom is -0.493 e. The van der Waals surface area contributed by atoms with Gasteiger partial charge in [-0.25, -0.2) is 0 Å². The lowest BCUT2D eigenvalue weighted by Gasteiger charge is -2.37. The van der Waals surface area contributed by atoms with Gasteiger partial charge in [-0.2, -0.15) is 0 Å². The molecule has 1 fully saturated rings. The average molecular weight is 384 g/mol. The summed E-state index contributed by atoms with van der Waals surface area (Å²) in [5.41, 5.74) is 1.73. The van der Waals surface area contributed by atoms with Gasteiger partial charge in [-0.3, -0.25) is 10.1 Å². The summed E-state index contributed by atoms with van der Waals surface area (Å²) in [6.07, 6.45) is 0.889. The third-order valence-corrected chi connectivity index (χ3v) is 4.86. The third-order valence-electron chi connectivity index (χ3n) is 4.50. The number of benzene rings is 2. The zero-order valence-corrected chi connectivity index (χ0v) is 16.4. The number of carbonyl (C=O) groups is 1. The van der Waals surface area contributed by atoms with Crippen molar-refractivity contribution in [2.75, 3.05) is 37.7 Å². The molecule has 0 saturated carbocycles. The van der Waals surface area contributed by atoms with Crippen LogP contribution in [0.4, 0.5) is 5.69 Å². The maximum absolute atomic E-state index is 12.7. The highest BCUT2D eigenvalue weighted by atomic mass is 32.1. The first-order valence-electron chi connectivity index (χ1n) is 9.31. The number of ether oxygens (including phenoxy) is 1. The van der Waals surface area contributed by atoms with Crippen LogP contribution in [0.25, 0.3) is 0 Å². The molecule has 1 saturated heterocycles. The molecule has 0 unspecified atom stereocenters. The number of piperazine rings is 1. The minimum atomic E-state index is -0.225. The van der Waals surface area contributed by atoms with E-state index < -0.39 is 0 Å². The summed E-state index contributed by atoms with van der Waals surface area (Å²) in [6.45, 7) is 5.92. The number of hydrogen-bond acceptors (Lipinski definition) is 4. The van der Waals surface area contributed by atoms with Gasteiger partial charge in [-0.15, -0.1) is 0 Å². The number of thiocarbonyl (C=S) groups is 1. The molecule has 0 spiro atoms. The summed E-state index contributed by atoms with van der Waals surface area (Å²) in [6, 6.07) is 17.6. The van der Waals surface area contributed by atoms with E-state index in [-0.39, 0.29) is 5.91 Å². The fourth-order valence-electron chi connectivity index (χ4n) is 3.04. The highest BCUT2D eigenvalue weighted by Crippen LogP contribution is 2.19. The first-order chi connectivity index (χ1) is 13.2. The molecule has 0 aliphatic carbocycles. The second kappa shape index (κ2) is 9.37. The van der Waals surface area contributed by atoms with E-state index in [0.29, 0.717) is 23.0 Å². The average Bonchev–Trinajstić information content (AvgIpc) is 2.73. The van der Waals surface area contributed by atoms with Gasteiger partial charge < -0.3 is 14.5 Å². The molecule has 0 radical (unpaired) electrons. The van der Waals surface area contributed by atoms with E-state index in [1.807, 2.05) is 48.2 Å². The fourth-order valence-corrected chi connectivity index (χ4v) is 3.32. The Hall–Kier alpha value is -2.60. The van der Waals surface area contributed by atoms with Gasteiger partial charge in [0.1, 0.15) is 5.75 Å². The first kappa shape index (κ1) is 19.2. The Balaban J connectivity index is 1.56. The monoisotopic (exact) mass is 383 g/mol. The van der Waals surface area contributed by atoms with Crippen molar-refractivity contribution < 1.29 is 9.53 Å². The van der Waals surface area contributed by atoms with Crippen LogP contribution in [0.5, 0.6) is 5.75 Å². The minimum absolute atomic E-state index is 0.225. The van der Waals surface area contributed by atoms with Crippen LogP contribution in [0.2, 0.25) is 0 Å². The van der Waals surface area contributed by atoms with Crippen LogP contribution in [-0.2, 0) is 0 Å². The molecular weight excluding hydrogens is 358 g/mol. The zero-order valence-electron chi connectivity index (χ0n) is 15.6. The molecule has 142 valence electrons. The predicted molar refractivity (Wildman–Crippen MR) is 113 cm³/mol. The first-order valence-corrected chi connectivity index (χ1v) is 9.72. The molecule has 1 amide bonds. The normalized spacial score (nSPS) is 14.0. The van der Waals surface area contributed by atoms with Crippen molar-refractivity contribution in [1.29, 1.82) is 0 Å². The molecule has 1 heterocycles. The van der Waals surface area contributed by atoms with E-state index in [0.717, 1.165) is 32.6 Å². The Kier molecular flexibility index (Phi) is 6.65. The van der Waals surface area contributed by atoms with Gasteiger partial charge in [0.2, 0.25) is 0 Å². The number of nitrogens with zero attached hydrogens (tertiary/aromatic N) is 2. The Morgan fingerprint density at radius 3 is 2.41 bits per heavy atom.